The number of amides is 3. The van der Waals surface area contributed by atoms with E-state index in [-0.39, 0.29) is 36.4 Å². The van der Waals surface area contributed by atoms with Gasteiger partial charge in [-0.05, 0) is 114 Å². The number of nitrogen functional groups attached to an aromatic ring is 3. The molecule has 0 unspecified atom stereocenters. The van der Waals surface area contributed by atoms with Gasteiger partial charge in [0, 0.05) is 90.3 Å². The molecule has 3 amide bonds. The molecule has 0 fully saturated rings. The summed E-state index contributed by atoms with van der Waals surface area (Å²) in [5.74, 6) is 0.453. The van der Waals surface area contributed by atoms with Gasteiger partial charge in [0.2, 0.25) is 0 Å². The Kier molecular flexibility index (Phi) is 20.1. The van der Waals surface area contributed by atoms with Crippen molar-refractivity contribution in [1.29, 1.82) is 0 Å². The summed E-state index contributed by atoms with van der Waals surface area (Å²) in [6.07, 6.45) is 10.2. The van der Waals surface area contributed by atoms with E-state index in [2.05, 4.69) is 35.9 Å². The molecule has 6 aromatic carbocycles. The molecular formula is C62H58N10O6. The molecule has 392 valence electrons. The van der Waals surface area contributed by atoms with Crippen molar-refractivity contribution in [2.75, 3.05) is 27.8 Å². The molecule has 0 spiro atoms. The zero-order chi connectivity index (χ0) is 55.1. The first kappa shape index (κ1) is 55.4. The lowest BCUT2D eigenvalue weighted by Crippen LogP contribution is -2.23. The minimum Gasteiger partial charge on any atom is -0.445 e. The molecule has 0 atom stereocenters. The van der Waals surface area contributed by atoms with E-state index in [0.717, 1.165) is 51.3 Å². The average molecular weight is 1040 g/mol. The van der Waals surface area contributed by atoms with Crippen LogP contribution in [0.25, 0.3) is 11.3 Å². The molecule has 16 nitrogen and oxygen atoms in total. The van der Waals surface area contributed by atoms with Gasteiger partial charge in [-0.2, -0.15) is 0 Å². The van der Waals surface area contributed by atoms with Gasteiger partial charge >= 0.3 is 6.09 Å². The van der Waals surface area contributed by atoms with Gasteiger partial charge in [-0.1, -0.05) is 97.1 Å². The highest BCUT2D eigenvalue weighted by Gasteiger charge is 2.12. The number of hydrogen-bond acceptors (Lipinski definition) is 13. The summed E-state index contributed by atoms with van der Waals surface area (Å²) in [5, 5.41) is 8.27. The smallest absolute Gasteiger partial charge is 0.407 e. The van der Waals surface area contributed by atoms with E-state index in [1.54, 1.807) is 111 Å². The number of ketones is 2. The Morgan fingerprint density at radius 2 is 1.05 bits per heavy atom. The van der Waals surface area contributed by atoms with Crippen LogP contribution in [0, 0.1) is 0 Å². The molecule has 9 aromatic rings. The highest BCUT2D eigenvalue weighted by atomic mass is 16.5. The van der Waals surface area contributed by atoms with Gasteiger partial charge in [0.1, 0.15) is 18.2 Å². The molecule has 3 heterocycles. The number of ether oxygens (including phenoxy) is 1. The van der Waals surface area contributed by atoms with Crippen LogP contribution >= 0.6 is 0 Å². The number of para-hydroxylation sites is 5. The number of anilines is 5. The molecule has 78 heavy (non-hydrogen) atoms. The highest BCUT2D eigenvalue weighted by molar-refractivity contribution is 6.06. The molecule has 3 aromatic heterocycles. The topological polar surface area (TPSA) is 260 Å². The van der Waals surface area contributed by atoms with Crippen LogP contribution in [0.1, 0.15) is 71.6 Å². The molecule has 16 heteroatoms. The number of nitrogens with one attached hydrogen (secondary N) is 3. The number of nitrogens with zero attached hydrogens (tertiary/aromatic N) is 4. The van der Waals surface area contributed by atoms with E-state index < -0.39 is 6.09 Å². The van der Waals surface area contributed by atoms with Crippen LogP contribution in [0.3, 0.4) is 0 Å². The summed E-state index contributed by atoms with van der Waals surface area (Å²) >= 11 is 0. The first-order chi connectivity index (χ1) is 37.9. The van der Waals surface area contributed by atoms with Crippen molar-refractivity contribution in [1.82, 2.24) is 25.3 Å². The van der Waals surface area contributed by atoms with Gasteiger partial charge in [0.05, 0.1) is 28.4 Å². The fraction of sp³-hybridized carbons (Fsp3) is 0.113. The fourth-order valence-corrected chi connectivity index (χ4v) is 7.58. The van der Waals surface area contributed by atoms with Crippen LogP contribution in [0.4, 0.5) is 33.2 Å². The average Bonchev–Trinajstić information content (AvgIpc) is 3.47. The van der Waals surface area contributed by atoms with Gasteiger partial charge in [0.15, 0.2) is 5.78 Å². The number of pyridine rings is 2. The Morgan fingerprint density at radius 3 is 1.62 bits per heavy atom. The second-order valence-corrected chi connectivity index (χ2v) is 17.7. The standard InChI is InChI=1S/C24H21N5O.C22H21N3O3.C16H16N2O2/c25-20-5-1-2-6-22(20)29-24(30)18-10-7-17(8-11-18)9-12-23-27-15-13-21(28-23)19-4-3-14-26-16-19;23-20-6-2-1-5-19(20)12-21(26)18-9-7-16(8-10-18)14-25-22(27)28-15-17-4-3-11-24-13-17;1-11(19)10-12-6-8-13(9-7-12)16(20)18-15-5-3-2-4-14(15)17/h1-8,10-11,13-16H,9,12,25H2,(H,29,30);1-11,13H,12,14-15,23H2,(H,25,27);2-9H,10,17H2,1H3,(H,18,20). The second kappa shape index (κ2) is 28.4. The summed E-state index contributed by atoms with van der Waals surface area (Å²) in [7, 11) is 0. The molecule has 0 bridgehead atoms. The molecule has 9 rings (SSSR count). The van der Waals surface area contributed by atoms with Crippen LogP contribution in [0.5, 0.6) is 0 Å². The van der Waals surface area contributed by atoms with E-state index in [9.17, 15) is 24.0 Å². The van der Waals surface area contributed by atoms with E-state index in [0.29, 0.717) is 64.5 Å². The molecule has 9 N–H and O–H groups in total. The number of aryl methyl sites for hydroxylation is 2. The van der Waals surface area contributed by atoms with Crippen LogP contribution in [-0.2, 0) is 48.4 Å². The number of carbonyl (C=O) groups excluding carboxylic acids is 5. The maximum atomic E-state index is 12.4. The van der Waals surface area contributed by atoms with Crippen LogP contribution in [-0.4, -0.2) is 49.4 Å². The van der Waals surface area contributed by atoms with Crippen LogP contribution in [0.15, 0.2) is 207 Å². The third-order valence-corrected chi connectivity index (χ3v) is 11.8. The molecule has 0 aliphatic heterocycles. The van der Waals surface area contributed by atoms with E-state index in [4.69, 9.17) is 21.9 Å². The number of aromatic nitrogens is 4. The van der Waals surface area contributed by atoms with Crippen molar-refractivity contribution in [3.8, 4) is 11.3 Å². The van der Waals surface area contributed by atoms with Crippen molar-refractivity contribution < 1.29 is 28.7 Å². The molecule has 0 radical (unpaired) electrons. The molecular weight excluding hydrogens is 981 g/mol. The van der Waals surface area contributed by atoms with Gasteiger partial charge < -0.3 is 37.9 Å². The van der Waals surface area contributed by atoms with E-state index in [1.165, 1.54) is 0 Å². The Labute approximate surface area is 452 Å². The molecule has 0 aliphatic rings. The molecule has 0 saturated carbocycles. The summed E-state index contributed by atoms with van der Waals surface area (Å²) < 4.78 is 5.13. The Balaban J connectivity index is 0.000000173. The Morgan fingerprint density at radius 1 is 0.500 bits per heavy atom. The lowest BCUT2D eigenvalue weighted by atomic mass is 10.0. The van der Waals surface area contributed by atoms with Crippen molar-refractivity contribution in [3.05, 3.63) is 257 Å². The number of benzene rings is 6. The van der Waals surface area contributed by atoms with Crippen LogP contribution in [0.2, 0.25) is 0 Å². The monoisotopic (exact) mass is 1040 g/mol. The predicted octanol–water partition coefficient (Wildman–Crippen LogP) is 10.3. The number of nitrogens with two attached hydrogens (primary N) is 3. The number of rotatable bonds is 17. The van der Waals surface area contributed by atoms with Gasteiger partial charge in [-0.3, -0.25) is 29.1 Å². The number of alkyl carbamates (subject to hydrolysis) is 1. The minimum atomic E-state index is -0.511. The van der Waals surface area contributed by atoms with Gasteiger partial charge in [0.25, 0.3) is 11.8 Å². The van der Waals surface area contributed by atoms with Gasteiger partial charge in [-0.15, -0.1) is 0 Å². The number of hydrogen-bond donors (Lipinski definition) is 6. The molecule has 0 aliphatic carbocycles. The van der Waals surface area contributed by atoms with Crippen molar-refractivity contribution in [2.45, 2.75) is 45.8 Å². The normalized spacial score (nSPS) is 10.3. The first-order valence-corrected chi connectivity index (χ1v) is 24.8. The summed E-state index contributed by atoms with van der Waals surface area (Å²) in [4.78, 5) is 76.8. The largest absolute Gasteiger partial charge is 0.445 e. The Bertz CT molecular complexity index is 3430. The van der Waals surface area contributed by atoms with Crippen molar-refractivity contribution in [3.63, 3.8) is 0 Å². The second-order valence-electron chi connectivity index (χ2n) is 17.7. The summed E-state index contributed by atoms with van der Waals surface area (Å²) in [6, 6.07) is 52.6. The number of Topliss-reactive ketones (excluding diaryl/α,β-unsaturated/α-hetero) is 2. The molecule has 0 saturated heterocycles. The zero-order valence-corrected chi connectivity index (χ0v) is 42.8. The summed E-state index contributed by atoms with van der Waals surface area (Å²) in [6.45, 7) is 2.01. The van der Waals surface area contributed by atoms with Gasteiger partial charge in [-0.25, -0.2) is 14.8 Å². The fourth-order valence-electron chi connectivity index (χ4n) is 7.58. The summed E-state index contributed by atoms with van der Waals surface area (Å²) in [5.41, 5.74) is 28.5. The Hall–Kier alpha value is -10.4. The van der Waals surface area contributed by atoms with Crippen molar-refractivity contribution in [2.24, 2.45) is 0 Å². The first-order valence-electron chi connectivity index (χ1n) is 24.8. The van der Waals surface area contributed by atoms with E-state index >= 15 is 0 Å². The third kappa shape index (κ3) is 17.4. The zero-order valence-electron chi connectivity index (χ0n) is 42.8. The van der Waals surface area contributed by atoms with Crippen LogP contribution < -0.4 is 33.2 Å². The maximum absolute atomic E-state index is 12.4. The van der Waals surface area contributed by atoms with Crippen molar-refractivity contribution >= 4 is 57.9 Å². The quantitative estimate of drug-likeness (QED) is 0.0367. The predicted molar refractivity (Wildman–Crippen MR) is 304 cm³/mol. The minimum absolute atomic E-state index is 0.00621. The lowest BCUT2D eigenvalue weighted by Gasteiger charge is -2.08. The third-order valence-electron chi connectivity index (χ3n) is 11.8. The lowest BCUT2D eigenvalue weighted by molar-refractivity contribution is -0.116. The highest BCUT2D eigenvalue weighted by Crippen LogP contribution is 2.21. The number of carbonyl (C=O) groups is 5. The SMILES string of the molecule is CC(=O)Cc1ccc(C(=O)Nc2ccccc2N)cc1.Nc1ccccc1CC(=O)c1ccc(CNC(=O)OCc2cccnc2)cc1.Nc1ccccc1NC(=O)c1ccc(CCc2nccc(-c3cccnc3)n2)cc1. The maximum Gasteiger partial charge on any atom is 0.407 e. The van der Waals surface area contributed by atoms with E-state index in [1.807, 2.05) is 103 Å².